The molecule has 1 aliphatic heterocycles. The van der Waals surface area contributed by atoms with E-state index in [0.717, 1.165) is 18.7 Å². The molecule has 0 saturated carbocycles. The van der Waals surface area contributed by atoms with Gasteiger partial charge in [-0.05, 0) is 32.4 Å². The van der Waals surface area contributed by atoms with Gasteiger partial charge < -0.3 is 0 Å². The van der Waals surface area contributed by atoms with E-state index in [0.29, 0.717) is 6.54 Å². The van der Waals surface area contributed by atoms with Crippen molar-refractivity contribution in [2.75, 3.05) is 18.0 Å². The van der Waals surface area contributed by atoms with Gasteiger partial charge in [0.2, 0.25) is 0 Å². The van der Waals surface area contributed by atoms with E-state index in [2.05, 4.69) is 5.10 Å². The number of carbonyl (C=O) groups is 1. The van der Waals surface area contributed by atoms with Gasteiger partial charge in [-0.25, -0.2) is 9.80 Å². The summed E-state index contributed by atoms with van der Waals surface area (Å²) < 4.78 is 0. The van der Waals surface area contributed by atoms with Gasteiger partial charge >= 0.3 is 6.03 Å². The van der Waals surface area contributed by atoms with E-state index in [-0.39, 0.29) is 6.03 Å². The molecule has 0 unspecified atom stereocenters. The van der Waals surface area contributed by atoms with Crippen molar-refractivity contribution < 1.29 is 4.79 Å². The van der Waals surface area contributed by atoms with Crippen molar-refractivity contribution in [1.82, 2.24) is 5.01 Å². The zero-order chi connectivity index (χ0) is 12.3. The minimum absolute atomic E-state index is 0.0433. The molecule has 0 aromatic heterocycles. The number of nitrogens with zero attached hydrogens (tertiary/aromatic N) is 3. The first-order chi connectivity index (χ1) is 8.22. The highest BCUT2D eigenvalue weighted by Crippen LogP contribution is 2.20. The van der Waals surface area contributed by atoms with Gasteiger partial charge in [-0.2, -0.15) is 5.10 Å². The molecule has 17 heavy (non-hydrogen) atoms. The van der Waals surface area contributed by atoms with Crippen molar-refractivity contribution in [2.45, 2.75) is 20.3 Å². The molecule has 1 aromatic carbocycles. The van der Waals surface area contributed by atoms with E-state index in [1.54, 1.807) is 11.1 Å². The van der Waals surface area contributed by atoms with Crippen LogP contribution in [0.3, 0.4) is 0 Å². The molecule has 0 bridgehead atoms. The Labute approximate surface area is 102 Å². The monoisotopic (exact) mass is 231 g/mol. The number of amides is 2. The van der Waals surface area contributed by atoms with Gasteiger partial charge in [-0.1, -0.05) is 17.7 Å². The highest BCUT2D eigenvalue weighted by atomic mass is 16.2. The Morgan fingerprint density at radius 1 is 1.24 bits per heavy atom. The summed E-state index contributed by atoms with van der Waals surface area (Å²) in [6.07, 6.45) is 2.59. The highest BCUT2D eigenvalue weighted by molar-refractivity contribution is 5.92. The SMILES string of the molecule is C/C=N/N1CCCN(c2ccc(C)cc2)C1=O. The Kier molecular flexibility index (Phi) is 3.42. The number of hydrogen-bond donors (Lipinski definition) is 0. The quantitative estimate of drug-likeness (QED) is 0.721. The number of benzene rings is 1. The second-order valence-corrected chi connectivity index (χ2v) is 4.12. The Balaban J connectivity index is 2.20. The van der Waals surface area contributed by atoms with Gasteiger partial charge in [0, 0.05) is 25.0 Å². The summed E-state index contributed by atoms with van der Waals surface area (Å²) in [4.78, 5) is 13.9. The van der Waals surface area contributed by atoms with Crippen molar-refractivity contribution >= 4 is 17.9 Å². The van der Waals surface area contributed by atoms with Crippen LogP contribution in [0, 0.1) is 6.92 Å². The average Bonchev–Trinajstić information content (AvgIpc) is 2.34. The van der Waals surface area contributed by atoms with Crippen molar-refractivity contribution in [3.63, 3.8) is 0 Å². The first-order valence-corrected chi connectivity index (χ1v) is 5.86. The number of urea groups is 1. The molecular weight excluding hydrogens is 214 g/mol. The maximum absolute atomic E-state index is 12.1. The molecule has 1 heterocycles. The number of hydrazone groups is 1. The fourth-order valence-corrected chi connectivity index (χ4v) is 1.92. The number of carbonyl (C=O) groups excluding carboxylic acids is 1. The summed E-state index contributed by atoms with van der Waals surface area (Å²) in [6.45, 7) is 5.32. The second kappa shape index (κ2) is 4.99. The van der Waals surface area contributed by atoms with E-state index in [1.165, 1.54) is 10.6 Å². The van der Waals surface area contributed by atoms with Crippen LogP contribution in [0.2, 0.25) is 0 Å². The lowest BCUT2D eigenvalue weighted by Gasteiger charge is -2.32. The topological polar surface area (TPSA) is 35.9 Å². The van der Waals surface area contributed by atoms with Gasteiger partial charge in [-0.15, -0.1) is 0 Å². The zero-order valence-corrected chi connectivity index (χ0v) is 10.3. The normalized spacial score (nSPS) is 16.9. The fraction of sp³-hybridized carbons (Fsp3) is 0.385. The van der Waals surface area contributed by atoms with Crippen molar-refractivity contribution in [3.8, 4) is 0 Å². The van der Waals surface area contributed by atoms with Gasteiger partial charge in [-0.3, -0.25) is 4.90 Å². The Hall–Kier alpha value is -1.84. The summed E-state index contributed by atoms with van der Waals surface area (Å²) >= 11 is 0. The minimum Gasteiger partial charge on any atom is -0.293 e. The van der Waals surface area contributed by atoms with Crippen LogP contribution in [-0.4, -0.2) is 30.3 Å². The molecule has 0 spiro atoms. The fourth-order valence-electron chi connectivity index (χ4n) is 1.92. The number of aryl methyl sites for hydroxylation is 1. The smallest absolute Gasteiger partial charge is 0.293 e. The van der Waals surface area contributed by atoms with Gasteiger partial charge in [0.05, 0.1) is 0 Å². The molecule has 0 aliphatic carbocycles. The van der Waals surface area contributed by atoms with Crippen LogP contribution in [0.25, 0.3) is 0 Å². The zero-order valence-electron chi connectivity index (χ0n) is 10.3. The Morgan fingerprint density at radius 3 is 2.59 bits per heavy atom. The molecule has 4 heteroatoms. The van der Waals surface area contributed by atoms with Crippen LogP contribution in [0.1, 0.15) is 18.9 Å². The van der Waals surface area contributed by atoms with Crippen LogP contribution in [0.4, 0.5) is 10.5 Å². The van der Waals surface area contributed by atoms with Crippen molar-refractivity contribution in [3.05, 3.63) is 29.8 Å². The van der Waals surface area contributed by atoms with Crippen LogP contribution in [-0.2, 0) is 0 Å². The lowest BCUT2D eigenvalue weighted by molar-refractivity contribution is 0.198. The van der Waals surface area contributed by atoms with Crippen LogP contribution in [0.5, 0.6) is 0 Å². The molecule has 2 rings (SSSR count). The molecule has 1 aliphatic rings. The Bertz CT molecular complexity index is 425. The van der Waals surface area contributed by atoms with Crippen LogP contribution in [0.15, 0.2) is 29.4 Å². The standard InChI is InChI=1S/C13H17N3O/c1-3-14-16-10-4-9-15(13(16)17)12-7-5-11(2)6-8-12/h3,5-8H,4,9-10H2,1-2H3/b14-3+. The molecule has 1 fully saturated rings. The summed E-state index contributed by atoms with van der Waals surface area (Å²) in [5, 5.41) is 5.59. The second-order valence-electron chi connectivity index (χ2n) is 4.12. The third-order valence-corrected chi connectivity index (χ3v) is 2.80. The number of hydrogen-bond acceptors (Lipinski definition) is 2. The van der Waals surface area contributed by atoms with Gasteiger partial charge in [0.15, 0.2) is 0 Å². The lowest BCUT2D eigenvalue weighted by Crippen LogP contribution is -2.47. The van der Waals surface area contributed by atoms with E-state index in [9.17, 15) is 4.79 Å². The first kappa shape index (κ1) is 11.6. The molecule has 0 radical (unpaired) electrons. The van der Waals surface area contributed by atoms with Crippen LogP contribution >= 0.6 is 0 Å². The van der Waals surface area contributed by atoms with E-state index in [4.69, 9.17) is 0 Å². The van der Waals surface area contributed by atoms with Crippen molar-refractivity contribution in [2.24, 2.45) is 5.10 Å². The summed E-state index contributed by atoms with van der Waals surface area (Å²) in [7, 11) is 0. The highest BCUT2D eigenvalue weighted by Gasteiger charge is 2.26. The van der Waals surface area contributed by atoms with Gasteiger partial charge in [0.25, 0.3) is 0 Å². The van der Waals surface area contributed by atoms with Crippen molar-refractivity contribution in [1.29, 1.82) is 0 Å². The maximum atomic E-state index is 12.1. The summed E-state index contributed by atoms with van der Waals surface area (Å²) in [5.41, 5.74) is 2.14. The molecule has 4 nitrogen and oxygen atoms in total. The largest absolute Gasteiger partial charge is 0.344 e. The maximum Gasteiger partial charge on any atom is 0.344 e. The molecule has 1 saturated heterocycles. The molecular formula is C13H17N3O. The Morgan fingerprint density at radius 2 is 1.94 bits per heavy atom. The van der Waals surface area contributed by atoms with E-state index in [1.807, 2.05) is 38.1 Å². The number of rotatable bonds is 2. The molecule has 0 N–H and O–H groups in total. The minimum atomic E-state index is -0.0433. The average molecular weight is 231 g/mol. The predicted molar refractivity (Wildman–Crippen MR) is 69.4 cm³/mol. The molecule has 0 atom stereocenters. The first-order valence-electron chi connectivity index (χ1n) is 5.86. The molecule has 90 valence electrons. The lowest BCUT2D eigenvalue weighted by atomic mass is 10.2. The number of anilines is 1. The molecule has 1 aromatic rings. The van der Waals surface area contributed by atoms with E-state index >= 15 is 0 Å². The van der Waals surface area contributed by atoms with E-state index < -0.39 is 0 Å². The third kappa shape index (κ3) is 2.46. The third-order valence-electron chi connectivity index (χ3n) is 2.80. The van der Waals surface area contributed by atoms with Crippen LogP contribution < -0.4 is 4.90 Å². The summed E-state index contributed by atoms with van der Waals surface area (Å²) in [6, 6.07) is 7.95. The van der Waals surface area contributed by atoms with Gasteiger partial charge in [0.1, 0.15) is 0 Å². The predicted octanol–water partition coefficient (Wildman–Crippen LogP) is 2.63. The molecule has 2 amide bonds. The summed E-state index contributed by atoms with van der Waals surface area (Å²) in [5.74, 6) is 0.